The van der Waals surface area contributed by atoms with Gasteiger partial charge in [-0.15, -0.1) is 0 Å². The molecule has 6 nitrogen and oxygen atoms in total. The molecule has 0 atom stereocenters. The number of aromatic amines is 1. The van der Waals surface area contributed by atoms with Crippen LogP contribution < -0.4 is 11.1 Å². The number of nitrogens with zero attached hydrogens (tertiary/aromatic N) is 2. The van der Waals surface area contributed by atoms with Gasteiger partial charge >= 0.3 is 0 Å². The molecule has 0 aliphatic rings. The number of benzene rings is 1. The van der Waals surface area contributed by atoms with Gasteiger partial charge in [-0.25, -0.2) is 18.7 Å². The van der Waals surface area contributed by atoms with E-state index in [0.717, 1.165) is 12.1 Å². The molecule has 2 heterocycles. The number of aromatic nitrogens is 3. The highest BCUT2D eigenvalue weighted by Gasteiger charge is 2.25. The summed E-state index contributed by atoms with van der Waals surface area (Å²) in [5.41, 5.74) is 4.95. The molecule has 0 radical (unpaired) electrons. The zero-order chi connectivity index (χ0) is 18.1. The van der Waals surface area contributed by atoms with E-state index in [1.807, 2.05) is 13.8 Å². The maximum absolute atomic E-state index is 14.2. The minimum Gasteiger partial charge on any atom is -0.396 e. The van der Waals surface area contributed by atoms with Crippen molar-refractivity contribution in [2.24, 2.45) is 5.92 Å². The first-order chi connectivity index (χ1) is 11.9. The minimum absolute atomic E-state index is 0.0743. The number of hydrogen-bond acceptors (Lipinski definition) is 5. The van der Waals surface area contributed by atoms with Crippen LogP contribution in [0.5, 0.6) is 0 Å². The normalized spacial score (nSPS) is 11.2. The summed E-state index contributed by atoms with van der Waals surface area (Å²) in [7, 11) is 0. The topological polar surface area (TPSA) is 96.7 Å². The van der Waals surface area contributed by atoms with Crippen LogP contribution in [-0.4, -0.2) is 27.3 Å². The summed E-state index contributed by atoms with van der Waals surface area (Å²) in [6.07, 6.45) is 2.71. The number of fused-ring (bicyclic) bond motifs is 1. The molecular formula is C17H17F2N5O. The Labute approximate surface area is 142 Å². The number of carbonyl (C=O) groups is 1. The molecule has 130 valence electrons. The zero-order valence-corrected chi connectivity index (χ0v) is 13.7. The predicted octanol–water partition coefficient (Wildman–Crippen LogP) is 3.12. The molecule has 0 aliphatic heterocycles. The number of carbonyl (C=O) groups excluding carboxylic acids is 1. The SMILES string of the molecule is CC(C)CNc1ncnc2[nH]cc(C(=O)c3c(F)ccc(N)c3F)c12. The third-order valence-corrected chi connectivity index (χ3v) is 3.74. The first-order valence-electron chi connectivity index (χ1n) is 7.74. The van der Waals surface area contributed by atoms with Crippen LogP contribution in [0.2, 0.25) is 0 Å². The minimum atomic E-state index is -1.08. The molecule has 2 aromatic heterocycles. The van der Waals surface area contributed by atoms with E-state index in [-0.39, 0.29) is 11.3 Å². The lowest BCUT2D eigenvalue weighted by molar-refractivity contribution is 0.103. The lowest BCUT2D eigenvalue weighted by Crippen LogP contribution is -2.12. The summed E-state index contributed by atoms with van der Waals surface area (Å²) in [5, 5.41) is 3.51. The third-order valence-electron chi connectivity index (χ3n) is 3.74. The molecular weight excluding hydrogens is 328 g/mol. The van der Waals surface area contributed by atoms with E-state index >= 15 is 0 Å². The number of nitrogen functional groups attached to an aromatic ring is 1. The maximum Gasteiger partial charge on any atom is 0.201 e. The fourth-order valence-corrected chi connectivity index (χ4v) is 2.49. The van der Waals surface area contributed by atoms with Crippen molar-refractivity contribution in [2.75, 3.05) is 17.6 Å². The molecule has 0 saturated heterocycles. The molecule has 0 aliphatic carbocycles. The summed E-state index contributed by atoms with van der Waals surface area (Å²) >= 11 is 0. The first kappa shape index (κ1) is 16.8. The number of rotatable bonds is 5. The Hall–Kier alpha value is -3.03. The van der Waals surface area contributed by atoms with Crippen molar-refractivity contribution >= 4 is 28.3 Å². The fraction of sp³-hybridized carbons (Fsp3) is 0.235. The number of hydrogen-bond donors (Lipinski definition) is 3. The van der Waals surface area contributed by atoms with Gasteiger partial charge in [0.05, 0.1) is 22.2 Å². The molecule has 25 heavy (non-hydrogen) atoms. The zero-order valence-electron chi connectivity index (χ0n) is 13.7. The number of ketones is 1. The summed E-state index contributed by atoms with van der Waals surface area (Å²) in [6, 6.07) is 2.05. The molecule has 3 rings (SSSR count). The van der Waals surface area contributed by atoms with Crippen LogP contribution in [0.3, 0.4) is 0 Å². The number of H-pyrrole nitrogens is 1. The van der Waals surface area contributed by atoms with Gasteiger partial charge in [-0.3, -0.25) is 4.79 Å². The number of nitrogens with two attached hydrogens (primary N) is 1. The smallest absolute Gasteiger partial charge is 0.201 e. The molecule has 0 fully saturated rings. The Bertz CT molecular complexity index is 952. The molecule has 0 spiro atoms. The molecule has 4 N–H and O–H groups in total. The summed E-state index contributed by atoms with van der Waals surface area (Å²) < 4.78 is 28.3. The Morgan fingerprint density at radius 2 is 2.08 bits per heavy atom. The maximum atomic E-state index is 14.2. The Morgan fingerprint density at radius 3 is 2.80 bits per heavy atom. The number of nitrogens with one attached hydrogen (secondary N) is 2. The van der Waals surface area contributed by atoms with Crippen LogP contribution in [-0.2, 0) is 0 Å². The standard InChI is InChI=1S/C17H17F2N5O/c1-8(2)5-21-16-12-9(6-22-17(12)24-7-23-16)15(25)13-10(18)3-4-11(20)14(13)19/h3-4,6-8H,5,20H2,1-2H3,(H2,21,22,23,24). The summed E-state index contributed by atoms with van der Waals surface area (Å²) in [4.78, 5) is 23.8. The third kappa shape index (κ3) is 3.02. The van der Waals surface area contributed by atoms with E-state index < -0.39 is 23.0 Å². The van der Waals surface area contributed by atoms with E-state index in [1.165, 1.54) is 12.5 Å². The molecule has 0 amide bonds. The predicted molar refractivity (Wildman–Crippen MR) is 91.4 cm³/mol. The van der Waals surface area contributed by atoms with E-state index in [2.05, 4.69) is 20.3 Å². The monoisotopic (exact) mass is 345 g/mol. The van der Waals surface area contributed by atoms with E-state index in [4.69, 9.17) is 5.73 Å². The van der Waals surface area contributed by atoms with Crippen LogP contribution in [0.25, 0.3) is 11.0 Å². The van der Waals surface area contributed by atoms with Crippen LogP contribution in [0.15, 0.2) is 24.7 Å². The molecule has 0 bridgehead atoms. The highest BCUT2D eigenvalue weighted by molar-refractivity contribution is 6.18. The van der Waals surface area contributed by atoms with Crippen molar-refractivity contribution < 1.29 is 13.6 Å². The Kier molecular flexibility index (Phi) is 4.35. The average Bonchev–Trinajstić information content (AvgIpc) is 3.01. The second-order valence-electron chi connectivity index (χ2n) is 6.08. The van der Waals surface area contributed by atoms with Crippen molar-refractivity contribution in [3.63, 3.8) is 0 Å². The quantitative estimate of drug-likeness (QED) is 0.488. The molecule has 3 aromatic rings. The summed E-state index contributed by atoms with van der Waals surface area (Å²) in [6.45, 7) is 4.66. The van der Waals surface area contributed by atoms with Crippen molar-refractivity contribution in [3.8, 4) is 0 Å². The van der Waals surface area contributed by atoms with Gasteiger partial charge in [-0.2, -0.15) is 0 Å². The lowest BCUT2D eigenvalue weighted by Gasteiger charge is -2.10. The Morgan fingerprint density at radius 1 is 1.32 bits per heavy atom. The van der Waals surface area contributed by atoms with Gasteiger partial charge in [-0.05, 0) is 18.1 Å². The largest absolute Gasteiger partial charge is 0.396 e. The Balaban J connectivity index is 2.13. The lowest BCUT2D eigenvalue weighted by atomic mass is 10.0. The second kappa shape index (κ2) is 6.46. The van der Waals surface area contributed by atoms with E-state index in [1.54, 1.807) is 0 Å². The number of halogens is 2. The van der Waals surface area contributed by atoms with Gasteiger partial charge < -0.3 is 16.0 Å². The summed E-state index contributed by atoms with van der Waals surface area (Å²) in [5.74, 6) is -2.11. The van der Waals surface area contributed by atoms with Crippen LogP contribution in [0.1, 0.15) is 29.8 Å². The molecule has 0 saturated carbocycles. The van der Waals surface area contributed by atoms with Crippen molar-refractivity contribution in [3.05, 3.63) is 47.4 Å². The first-order valence-corrected chi connectivity index (χ1v) is 7.74. The van der Waals surface area contributed by atoms with Gasteiger partial charge in [-0.1, -0.05) is 13.8 Å². The van der Waals surface area contributed by atoms with E-state index in [9.17, 15) is 13.6 Å². The number of anilines is 2. The van der Waals surface area contributed by atoms with Crippen molar-refractivity contribution in [2.45, 2.75) is 13.8 Å². The highest BCUT2D eigenvalue weighted by Crippen LogP contribution is 2.28. The van der Waals surface area contributed by atoms with Crippen LogP contribution in [0.4, 0.5) is 20.3 Å². The van der Waals surface area contributed by atoms with Gasteiger partial charge in [0, 0.05) is 12.7 Å². The average molecular weight is 345 g/mol. The van der Waals surface area contributed by atoms with Crippen molar-refractivity contribution in [1.29, 1.82) is 0 Å². The fourth-order valence-electron chi connectivity index (χ4n) is 2.49. The molecule has 1 aromatic carbocycles. The van der Waals surface area contributed by atoms with Gasteiger partial charge in [0.15, 0.2) is 5.82 Å². The van der Waals surface area contributed by atoms with Gasteiger partial charge in [0.25, 0.3) is 0 Å². The van der Waals surface area contributed by atoms with Gasteiger partial charge in [0.1, 0.15) is 23.6 Å². The van der Waals surface area contributed by atoms with Gasteiger partial charge in [0.2, 0.25) is 5.78 Å². The van der Waals surface area contributed by atoms with E-state index in [0.29, 0.717) is 29.3 Å². The second-order valence-corrected chi connectivity index (χ2v) is 6.08. The molecule has 8 heteroatoms. The molecule has 0 unspecified atom stereocenters. The van der Waals surface area contributed by atoms with Crippen LogP contribution >= 0.6 is 0 Å². The highest BCUT2D eigenvalue weighted by atomic mass is 19.1. The van der Waals surface area contributed by atoms with Crippen molar-refractivity contribution in [1.82, 2.24) is 15.0 Å². The van der Waals surface area contributed by atoms with Crippen LogP contribution in [0, 0.1) is 17.6 Å².